The number of likely N-dealkylation sites (N-methyl/N-ethyl adjacent to an activating group) is 1. The van der Waals surface area contributed by atoms with Gasteiger partial charge in [-0.2, -0.15) is 0 Å². The molecule has 4 heteroatoms. The van der Waals surface area contributed by atoms with Crippen LogP contribution in [0.1, 0.15) is 37.7 Å². The maximum absolute atomic E-state index is 8.76. The Labute approximate surface area is 133 Å². The number of anilines is 1. The third-order valence-corrected chi connectivity index (χ3v) is 4.13. The molecule has 4 nitrogen and oxygen atoms in total. The highest BCUT2D eigenvalue weighted by Crippen LogP contribution is 2.32. The van der Waals surface area contributed by atoms with E-state index in [1.54, 1.807) is 7.11 Å². The number of aliphatic hydroxyl groups is 1. The predicted molar refractivity (Wildman–Crippen MR) is 92.4 cm³/mol. The van der Waals surface area contributed by atoms with E-state index in [-0.39, 0.29) is 0 Å². The molecule has 0 saturated carbocycles. The van der Waals surface area contributed by atoms with Crippen LogP contribution in [0.4, 0.5) is 5.69 Å². The first-order valence-electron chi connectivity index (χ1n) is 8.20. The molecule has 1 aromatic carbocycles. The van der Waals surface area contributed by atoms with Crippen molar-refractivity contribution in [3.63, 3.8) is 0 Å². The lowest BCUT2D eigenvalue weighted by Crippen LogP contribution is -2.26. The van der Waals surface area contributed by atoms with Crippen LogP contribution in [0.15, 0.2) is 24.3 Å². The number of nitrogens with one attached hydrogen (secondary N) is 1. The normalized spacial score (nSPS) is 13.6. The summed E-state index contributed by atoms with van der Waals surface area (Å²) in [6.45, 7) is 2.23. The Morgan fingerprint density at radius 1 is 1.18 bits per heavy atom. The number of aliphatic hydroxyl groups excluding tert-OH is 1. The lowest BCUT2D eigenvalue weighted by Gasteiger charge is -2.28. The van der Waals surface area contributed by atoms with Crippen LogP contribution in [0.5, 0.6) is 5.75 Å². The Bertz CT molecular complexity index is 500. The van der Waals surface area contributed by atoms with Crippen LogP contribution in [0.25, 0.3) is 5.70 Å². The Kier molecular flexibility index (Phi) is 6.59. The summed E-state index contributed by atoms with van der Waals surface area (Å²) in [5.74, 6) is 0.899. The molecule has 0 radical (unpaired) electrons. The van der Waals surface area contributed by atoms with Crippen LogP contribution in [-0.4, -0.2) is 39.0 Å². The first kappa shape index (κ1) is 16.7. The molecule has 0 atom stereocenters. The van der Waals surface area contributed by atoms with Gasteiger partial charge in [-0.15, -0.1) is 0 Å². The van der Waals surface area contributed by atoms with Gasteiger partial charge >= 0.3 is 0 Å². The number of hydrogen-bond donors (Lipinski definition) is 2. The van der Waals surface area contributed by atoms with Crippen molar-refractivity contribution in [2.24, 2.45) is 0 Å². The molecule has 1 aliphatic heterocycles. The zero-order chi connectivity index (χ0) is 15.8. The summed E-state index contributed by atoms with van der Waals surface area (Å²) in [7, 11) is 3.81. The number of methoxy groups -OCH3 is 1. The van der Waals surface area contributed by atoms with E-state index in [1.165, 1.54) is 36.2 Å². The summed E-state index contributed by atoms with van der Waals surface area (Å²) in [4.78, 5) is 2.23. The molecule has 0 saturated heterocycles. The minimum absolute atomic E-state index is 0.318. The fourth-order valence-corrected chi connectivity index (χ4v) is 2.78. The van der Waals surface area contributed by atoms with Gasteiger partial charge in [0.25, 0.3) is 0 Å². The second-order valence-electron chi connectivity index (χ2n) is 5.80. The number of ether oxygens (including phenoxy) is 1. The molecule has 122 valence electrons. The Balaban J connectivity index is 1.85. The first-order chi connectivity index (χ1) is 10.8. The molecule has 1 aromatic rings. The van der Waals surface area contributed by atoms with Crippen molar-refractivity contribution in [2.75, 3.05) is 38.8 Å². The van der Waals surface area contributed by atoms with Crippen LogP contribution in [0, 0.1) is 0 Å². The van der Waals surface area contributed by atoms with Gasteiger partial charge in [-0.05, 0) is 31.1 Å². The zero-order valence-corrected chi connectivity index (χ0v) is 13.8. The second-order valence-corrected chi connectivity index (χ2v) is 5.80. The summed E-state index contributed by atoms with van der Waals surface area (Å²) in [5, 5.41) is 12.3. The summed E-state index contributed by atoms with van der Waals surface area (Å²) in [6, 6.07) is 6.24. The van der Waals surface area contributed by atoms with E-state index in [0.29, 0.717) is 6.61 Å². The largest absolute Gasteiger partial charge is 0.497 e. The van der Waals surface area contributed by atoms with E-state index in [2.05, 4.69) is 35.5 Å². The number of fused-ring (bicyclic) bond motifs is 1. The number of unbranched alkanes of at least 4 members (excludes halogenated alkanes) is 4. The van der Waals surface area contributed by atoms with Gasteiger partial charge in [0.05, 0.1) is 7.11 Å². The molecule has 2 N–H and O–H groups in total. The number of nitrogens with zero attached hydrogens (tertiary/aromatic N) is 1. The van der Waals surface area contributed by atoms with Crippen LogP contribution in [0.2, 0.25) is 0 Å². The van der Waals surface area contributed by atoms with Crippen molar-refractivity contribution in [1.82, 2.24) is 5.32 Å². The van der Waals surface area contributed by atoms with E-state index < -0.39 is 0 Å². The number of benzene rings is 1. The van der Waals surface area contributed by atoms with E-state index in [1.807, 2.05) is 6.07 Å². The van der Waals surface area contributed by atoms with Gasteiger partial charge in [-0.3, -0.25) is 0 Å². The minimum Gasteiger partial charge on any atom is -0.497 e. The smallest absolute Gasteiger partial charge is 0.120 e. The van der Waals surface area contributed by atoms with E-state index in [4.69, 9.17) is 9.84 Å². The third-order valence-electron chi connectivity index (χ3n) is 4.13. The summed E-state index contributed by atoms with van der Waals surface area (Å²) < 4.78 is 5.32. The van der Waals surface area contributed by atoms with Gasteiger partial charge in [0, 0.05) is 49.8 Å². The Morgan fingerprint density at radius 2 is 1.95 bits per heavy atom. The highest BCUT2D eigenvalue weighted by Gasteiger charge is 2.16. The van der Waals surface area contributed by atoms with Gasteiger partial charge in [0.2, 0.25) is 0 Å². The molecule has 1 heterocycles. The lowest BCUT2D eigenvalue weighted by atomic mass is 10.0. The fourth-order valence-electron chi connectivity index (χ4n) is 2.78. The van der Waals surface area contributed by atoms with Crippen molar-refractivity contribution in [3.05, 3.63) is 29.8 Å². The molecule has 0 aromatic heterocycles. The molecular formula is C18H28N2O2. The monoisotopic (exact) mass is 304 g/mol. The molecule has 2 rings (SSSR count). The summed E-state index contributed by atoms with van der Waals surface area (Å²) >= 11 is 0. The molecule has 0 aliphatic carbocycles. The van der Waals surface area contributed by atoms with Crippen molar-refractivity contribution in [1.29, 1.82) is 0 Å². The van der Waals surface area contributed by atoms with Crippen LogP contribution < -0.4 is 15.0 Å². The molecule has 0 spiro atoms. The van der Waals surface area contributed by atoms with Gasteiger partial charge in [-0.25, -0.2) is 0 Å². The topological polar surface area (TPSA) is 44.7 Å². The lowest BCUT2D eigenvalue weighted by molar-refractivity contribution is 0.282. The Morgan fingerprint density at radius 3 is 2.73 bits per heavy atom. The zero-order valence-electron chi connectivity index (χ0n) is 13.8. The quantitative estimate of drug-likeness (QED) is 0.688. The van der Waals surface area contributed by atoms with Crippen LogP contribution in [0.3, 0.4) is 0 Å². The average Bonchev–Trinajstić information content (AvgIpc) is 2.55. The molecule has 0 bridgehead atoms. The first-order valence-corrected chi connectivity index (χ1v) is 8.20. The van der Waals surface area contributed by atoms with Crippen LogP contribution in [-0.2, 0) is 0 Å². The molecular weight excluding hydrogens is 276 g/mol. The van der Waals surface area contributed by atoms with Gasteiger partial charge in [-0.1, -0.05) is 19.3 Å². The molecule has 0 fully saturated rings. The number of rotatable bonds is 9. The van der Waals surface area contributed by atoms with Gasteiger partial charge < -0.3 is 20.1 Å². The minimum atomic E-state index is 0.318. The SMILES string of the molecule is COc1ccc2c(c1)N(C)CC=C2NCCCCCCCO. The van der Waals surface area contributed by atoms with Gasteiger partial charge in [0.15, 0.2) is 0 Å². The van der Waals surface area contributed by atoms with Gasteiger partial charge in [0.1, 0.15) is 5.75 Å². The number of hydrogen-bond acceptors (Lipinski definition) is 4. The van der Waals surface area contributed by atoms with Crippen LogP contribution >= 0.6 is 0 Å². The van der Waals surface area contributed by atoms with E-state index in [9.17, 15) is 0 Å². The third kappa shape index (κ3) is 4.41. The summed E-state index contributed by atoms with van der Waals surface area (Å²) in [5.41, 5.74) is 3.69. The predicted octanol–water partition coefficient (Wildman–Crippen LogP) is 3.02. The van der Waals surface area contributed by atoms with E-state index >= 15 is 0 Å². The standard InChI is InChI=1S/C18H28N2O2/c1-20-12-10-17(19-11-6-4-3-5-7-13-21)16-9-8-15(22-2)14-18(16)20/h8-10,14,19,21H,3-7,11-13H2,1-2H3. The average molecular weight is 304 g/mol. The van der Waals surface area contributed by atoms with Crippen molar-refractivity contribution < 1.29 is 9.84 Å². The van der Waals surface area contributed by atoms with Crippen molar-refractivity contribution >= 4 is 11.4 Å². The van der Waals surface area contributed by atoms with Crippen molar-refractivity contribution in [2.45, 2.75) is 32.1 Å². The maximum Gasteiger partial charge on any atom is 0.120 e. The molecule has 0 unspecified atom stereocenters. The maximum atomic E-state index is 8.76. The molecule has 0 amide bonds. The van der Waals surface area contributed by atoms with Crippen molar-refractivity contribution in [3.8, 4) is 5.75 Å². The molecule has 1 aliphatic rings. The fraction of sp³-hybridized carbons (Fsp3) is 0.556. The Hall–Kier alpha value is -1.68. The van der Waals surface area contributed by atoms with E-state index in [0.717, 1.165) is 31.7 Å². The second kappa shape index (κ2) is 8.69. The highest BCUT2D eigenvalue weighted by atomic mass is 16.5. The summed E-state index contributed by atoms with van der Waals surface area (Å²) in [6.07, 6.45) is 7.91. The highest BCUT2D eigenvalue weighted by molar-refractivity contribution is 5.80. The molecule has 22 heavy (non-hydrogen) atoms.